The van der Waals surface area contributed by atoms with Crippen LogP contribution in [0.5, 0.6) is 11.5 Å². The van der Waals surface area contributed by atoms with Gasteiger partial charge in [0.15, 0.2) is 34.0 Å². The summed E-state index contributed by atoms with van der Waals surface area (Å²) < 4.78 is 26.3. The predicted molar refractivity (Wildman–Crippen MR) is 278 cm³/mol. The van der Waals surface area contributed by atoms with Gasteiger partial charge in [0.25, 0.3) is 0 Å². The lowest BCUT2D eigenvalue weighted by Gasteiger charge is -2.36. The zero-order valence-electron chi connectivity index (χ0n) is 35.3. The van der Waals surface area contributed by atoms with Crippen molar-refractivity contribution in [3.8, 4) is 11.5 Å². The number of hydrogen-bond acceptors (Lipinski definition) is 14. The number of nitrogen functional groups attached to an aromatic ring is 1. The topological polar surface area (TPSA) is 151 Å². The number of phenols is 2. The number of hydrogen-bond donors (Lipinski definition) is 4. The molecule has 2 aliphatic carbocycles. The van der Waals surface area contributed by atoms with Crippen molar-refractivity contribution < 1.29 is 28.6 Å². The van der Waals surface area contributed by atoms with Crippen molar-refractivity contribution in [2.24, 2.45) is 16.8 Å². The van der Waals surface area contributed by atoms with Gasteiger partial charge in [0.2, 0.25) is 5.78 Å². The number of benzene rings is 4. The van der Waals surface area contributed by atoms with Gasteiger partial charge in [-0.05, 0) is 135 Å². The van der Waals surface area contributed by atoms with Gasteiger partial charge in [-0.15, -0.1) is 0 Å². The molecule has 360 valence electrons. The number of carbonyl (C=O) groups is 2. The number of piperazine rings is 2. The second-order valence-corrected chi connectivity index (χ2v) is 18.0. The molecule has 3 heterocycles. The second-order valence-electron chi connectivity index (χ2n) is 16.3. The summed E-state index contributed by atoms with van der Waals surface area (Å²) in [6.07, 6.45) is 5.68. The molecule has 0 atom stereocenters. The number of nitrogens with zero attached hydrogens (tertiary/aromatic N) is 6. The molecule has 2 saturated heterocycles. The molecule has 0 bridgehead atoms. The molecular weight excluding hydrogens is 959 g/mol. The Morgan fingerprint density at radius 1 is 0.746 bits per heavy atom. The third kappa shape index (κ3) is 15.6. The van der Waals surface area contributed by atoms with Crippen molar-refractivity contribution in [1.82, 2.24) is 14.8 Å². The monoisotopic (exact) mass is 1020 g/mol. The van der Waals surface area contributed by atoms with Crippen LogP contribution in [0, 0.1) is 23.5 Å². The van der Waals surface area contributed by atoms with Crippen LogP contribution in [0.2, 0.25) is 0 Å². The number of carbonyl (C=O) groups excluding carboxylic acids is 2. The highest BCUT2D eigenvalue weighted by Crippen LogP contribution is 2.33. The first-order valence-electron chi connectivity index (χ1n) is 21.3. The summed E-state index contributed by atoms with van der Waals surface area (Å²) in [5, 5.41) is 24.4. The fourth-order valence-electron chi connectivity index (χ4n) is 7.46. The molecule has 67 heavy (non-hydrogen) atoms. The van der Waals surface area contributed by atoms with Crippen LogP contribution in [-0.4, -0.2) is 113 Å². The van der Waals surface area contributed by atoms with Crippen LogP contribution in [0.15, 0.2) is 89.9 Å². The van der Waals surface area contributed by atoms with Crippen molar-refractivity contribution >= 4 is 89.9 Å². The summed E-state index contributed by atoms with van der Waals surface area (Å²) in [5.41, 5.74) is 10.5. The number of ketones is 2. The van der Waals surface area contributed by atoms with Crippen molar-refractivity contribution in [3.63, 3.8) is 0 Å². The minimum atomic E-state index is -0.855. The molecule has 17 heteroatoms. The number of halogens is 3. The SMILES string of the molecule is C.C.C.Nc1nc(Nc2ccc(N3CCN(CC4CC4)CC3)cc2)sc1C(=O)c1ccc(O)c(F)c1.O=C(CBr)c1ccc(O)c(F)c1.S=C=Nc1ccc(N2CCN(CC3CC3)CC2)cc1. The minimum Gasteiger partial charge on any atom is -0.505 e. The average Bonchev–Trinajstić information content (AvgIpc) is 4.26. The first kappa shape index (κ1) is 54.3. The average molecular weight is 1020 g/mol. The van der Waals surface area contributed by atoms with Crippen LogP contribution in [-0.2, 0) is 0 Å². The summed E-state index contributed by atoms with van der Waals surface area (Å²) in [4.78, 5) is 42.2. The Morgan fingerprint density at radius 3 is 1.66 bits per heavy atom. The number of rotatable bonds is 13. The number of aliphatic imine (C=N–C) groups is 1. The first-order valence-corrected chi connectivity index (χ1v) is 23.7. The van der Waals surface area contributed by atoms with Crippen LogP contribution >= 0.6 is 39.5 Å². The molecular formula is C50H63BrF2N8O4S2. The highest BCUT2D eigenvalue weighted by Gasteiger charge is 2.28. The Hall–Kier alpha value is -5.29. The van der Waals surface area contributed by atoms with Crippen LogP contribution < -0.4 is 20.9 Å². The Kier molecular flexibility index (Phi) is 20.9. The molecule has 1 aromatic heterocycles. The first-order chi connectivity index (χ1) is 31.0. The molecule has 4 fully saturated rings. The van der Waals surface area contributed by atoms with Gasteiger partial charge in [0.05, 0.1) is 16.2 Å². The van der Waals surface area contributed by atoms with E-state index in [1.54, 1.807) is 0 Å². The van der Waals surface area contributed by atoms with E-state index in [9.17, 15) is 23.5 Å². The van der Waals surface area contributed by atoms with E-state index in [-0.39, 0.29) is 55.2 Å². The number of nitrogens with one attached hydrogen (secondary N) is 1. The van der Waals surface area contributed by atoms with E-state index in [1.165, 1.54) is 75.4 Å². The molecule has 4 aromatic carbocycles. The normalized spacial score (nSPS) is 15.7. The molecule has 9 rings (SSSR count). The maximum Gasteiger partial charge on any atom is 0.206 e. The van der Waals surface area contributed by atoms with Gasteiger partial charge in [-0.1, -0.05) is 49.5 Å². The molecule has 0 radical (unpaired) electrons. The summed E-state index contributed by atoms with van der Waals surface area (Å²) in [6.45, 7) is 11.5. The molecule has 5 N–H and O–H groups in total. The molecule has 0 spiro atoms. The quantitative estimate of drug-likeness (QED) is 0.0385. The minimum absolute atomic E-state index is 0. The lowest BCUT2D eigenvalue weighted by molar-refractivity contribution is 0.102. The number of thiocarbonyl (C=S) groups is 1. The number of isothiocyanates is 1. The summed E-state index contributed by atoms with van der Waals surface area (Å²) >= 11 is 8.68. The highest BCUT2D eigenvalue weighted by molar-refractivity contribution is 9.09. The van der Waals surface area contributed by atoms with E-state index < -0.39 is 28.9 Å². The summed E-state index contributed by atoms with van der Waals surface area (Å²) in [7, 11) is 0. The Labute approximate surface area is 411 Å². The van der Waals surface area contributed by atoms with E-state index in [0.29, 0.717) is 5.13 Å². The van der Waals surface area contributed by atoms with Gasteiger partial charge < -0.3 is 31.1 Å². The van der Waals surface area contributed by atoms with Gasteiger partial charge in [-0.25, -0.2) is 13.8 Å². The maximum atomic E-state index is 13.6. The van der Waals surface area contributed by atoms with Crippen LogP contribution in [0.25, 0.3) is 0 Å². The second kappa shape index (κ2) is 25.7. The number of Topliss-reactive ketones (excluding diaryl/α,β-unsaturated/α-hetero) is 1. The number of aromatic hydroxyl groups is 2. The van der Waals surface area contributed by atoms with E-state index >= 15 is 0 Å². The lowest BCUT2D eigenvalue weighted by atomic mass is 10.1. The molecule has 5 aromatic rings. The molecule has 4 aliphatic rings. The smallest absolute Gasteiger partial charge is 0.206 e. The molecule has 0 amide bonds. The summed E-state index contributed by atoms with van der Waals surface area (Å²) in [5.74, 6) is -1.22. The predicted octanol–water partition coefficient (Wildman–Crippen LogP) is 11.0. The summed E-state index contributed by atoms with van der Waals surface area (Å²) in [6, 6.07) is 23.5. The molecule has 2 saturated carbocycles. The Balaban J connectivity index is 0.000000244. The van der Waals surface area contributed by atoms with E-state index in [4.69, 9.17) is 10.8 Å². The van der Waals surface area contributed by atoms with Crippen molar-refractivity contribution in [3.05, 3.63) is 113 Å². The van der Waals surface area contributed by atoms with E-state index in [0.717, 1.165) is 98.1 Å². The number of phenolic OH excluding ortho intramolecular Hbond substituents is 2. The fraction of sp³-hybridized carbons (Fsp3) is 0.400. The van der Waals surface area contributed by atoms with Gasteiger partial charge in [0, 0.05) is 93.6 Å². The zero-order chi connectivity index (χ0) is 45.2. The molecule has 2 aliphatic heterocycles. The number of aromatic nitrogens is 1. The maximum absolute atomic E-state index is 13.6. The fourth-order valence-corrected chi connectivity index (χ4v) is 8.76. The van der Waals surface area contributed by atoms with Crippen LogP contribution in [0.1, 0.15) is 73.6 Å². The number of anilines is 5. The number of nitrogens with two attached hydrogens (primary N) is 1. The van der Waals surface area contributed by atoms with E-state index in [2.05, 4.69) is 92.5 Å². The lowest BCUT2D eigenvalue weighted by Crippen LogP contribution is -2.47. The van der Waals surface area contributed by atoms with Crippen molar-refractivity contribution in [2.45, 2.75) is 48.0 Å². The van der Waals surface area contributed by atoms with Crippen molar-refractivity contribution in [1.29, 1.82) is 0 Å². The van der Waals surface area contributed by atoms with Gasteiger partial charge >= 0.3 is 0 Å². The molecule has 12 nitrogen and oxygen atoms in total. The number of thiazole rings is 1. The molecule has 0 unspecified atom stereocenters. The Bertz CT molecular complexity index is 2430. The number of alkyl halides is 1. The van der Waals surface area contributed by atoms with Crippen molar-refractivity contribution in [2.75, 3.05) is 91.6 Å². The Morgan fingerprint density at radius 2 is 1.21 bits per heavy atom. The zero-order valence-corrected chi connectivity index (χ0v) is 38.5. The largest absolute Gasteiger partial charge is 0.505 e. The van der Waals surface area contributed by atoms with Gasteiger partial charge in [-0.2, -0.15) is 4.99 Å². The van der Waals surface area contributed by atoms with E-state index in [1.807, 2.05) is 24.3 Å². The third-order valence-electron chi connectivity index (χ3n) is 11.5. The third-order valence-corrected chi connectivity index (χ3v) is 13.1. The van der Waals surface area contributed by atoms with Crippen LogP contribution in [0.4, 0.5) is 42.5 Å². The van der Waals surface area contributed by atoms with Gasteiger partial charge in [-0.3, -0.25) is 19.4 Å². The van der Waals surface area contributed by atoms with Gasteiger partial charge in [0.1, 0.15) is 10.7 Å². The highest BCUT2D eigenvalue weighted by atomic mass is 79.9. The standard InChI is InChI=1S/C24H26FN5O2S.C15H19N3S.C8H6BrFO2.3CH4/c25-19-13-16(3-8-20(19)31)21(32)22-23(26)28-24(33-22)27-17-4-6-18(7-5-17)30-11-9-29(10-12-30)14-15-1-2-15;19-12-16-14-3-5-15(6-4-14)18-9-7-17(8-10-18)11-13-1-2-13;9-4-8(12)5-1-2-7(11)6(10)3-5;;;/h3-8,13,15,31H,1-2,9-12,14,26H2,(H,27,28);3-6,13H,1-2,7-11H2;1-3,11H,4H2;3*1H4. The van der Waals surface area contributed by atoms with Crippen LogP contribution in [0.3, 0.4) is 0 Å².